The summed E-state index contributed by atoms with van der Waals surface area (Å²) in [5.74, 6) is -0.823. The van der Waals surface area contributed by atoms with Gasteiger partial charge in [-0.1, -0.05) is 42.5 Å². The summed E-state index contributed by atoms with van der Waals surface area (Å²) in [6, 6.07) is 9.40. The molecule has 0 saturated carbocycles. The van der Waals surface area contributed by atoms with Crippen LogP contribution in [0.25, 0.3) is 0 Å². The van der Waals surface area contributed by atoms with Crippen molar-refractivity contribution >= 4 is 34.1 Å². The second-order valence-corrected chi connectivity index (χ2v) is 3.99. The minimum absolute atomic E-state index is 0. The van der Waals surface area contributed by atoms with Crippen LogP contribution in [-0.2, 0) is 4.79 Å². The number of aliphatic carboxylic acids is 1. The number of carboxylic acid groups (broad SMARTS) is 1. The zero-order chi connectivity index (χ0) is 9.68. The molecule has 0 saturated heterocycles. The van der Waals surface area contributed by atoms with Crippen LogP contribution in [0.1, 0.15) is 6.99 Å². The van der Waals surface area contributed by atoms with Crippen LogP contribution in [0.5, 0.6) is 0 Å². The molecule has 0 fully saturated rings. The summed E-state index contributed by atoms with van der Waals surface area (Å²) in [5, 5.41) is 8.43. The fraction of sp³-hybridized carbons (Fsp3) is 0.111. The fourth-order valence-corrected chi connectivity index (χ4v) is 1.66. The van der Waals surface area contributed by atoms with Crippen LogP contribution in [-0.4, -0.2) is 21.0 Å². The van der Waals surface area contributed by atoms with E-state index in [1.54, 1.807) is 0 Å². The molecule has 1 rings (SSSR count). The third-order valence-corrected chi connectivity index (χ3v) is 2.81. The van der Waals surface area contributed by atoms with Gasteiger partial charge in [-0.25, -0.2) is 0 Å². The molecule has 14 heavy (non-hydrogen) atoms. The summed E-state index contributed by atoms with van der Waals surface area (Å²) in [5.41, 5.74) is 0.906. The molecule has 0 radical (unpaired) electrons. The molecule has 0 aromatic heterocycles. The van der Waals surface area contributed by atoms with Crippen LogP contribution in [0.4, 0.5) is 0 Å². The van der Waals surface area contributed by atoms with E-state index in [4.69, 9.17) is 17.3 Å². The van der Waals surface area contributed by atoms with Crippen molar-refractivity contribution < 1.29 is 40.9 Å². The van der Waals surface area contributed by atoms with E-state index < -0.39 is 5.97 Å². The SMILES string of the molecule is O=C(O)CSC(=S)c1ccccc1.[H-].[Na+]. The molecule has 1 aromatic rings. The molecule has 1 aromatic carbocycles. The number of benzene rings is 1. The van der Waals surface area contributed by atoms with Gasteiger partial charge in [-0.05, 0) is 5.56 Å². The predicted octanol–water partition coefficient (Wildman–Crippen LogP) is -0.704. The molecule has 0 aliphatic heterocycles. The van der Waals surface area contributed by atoms with Gasteiger partial charge in [-0.3, -0.25) is 4.79 Å². The van der Waals surface area contributed by atoms with Crippen LogP contribution in [0.15, 0.2) is 30.3 Å². The van der Waals surface area contributed by atoms with Gasteiger partial charge < -0.3 is 6.53 Å². The van der Waals surface area contributed by atoms with Crippen molar-refractivity contribution in [1.29, 1.82) is 0 Å². The minimum atomic E-state index is -0.844. The fourth-order valence-electron chi connectivity index (χ4n) is 0.785. The Bertz CT molecular complexity index is 319. The summed E-state index contributed by atoms with van der Waals surface area (Å²) < 4.78 is 0.628. The first-order chi connectivity index (χ1) is 6.20. The summed E-state index contributed by atoms with van der Waals surface area (Å²) >= 11 is 6.21. The van der Waals surface area contributed by atoms with Crippen LogP contribution in [0, 0.1) is 0 Å². The Morgan fingerprint density at radius 3 is 2.50 bits per heavy atom. The molecule has 2 nitrogen and oxygen atoms in total. The number of hydrogen-bond donors (Lipinski definition) is 1. The van der Waals surface area contributed by atoms with E-state index in [-0.39, 0.29) is 36.7 Å². The van der Waals surface area contributed by atoms with Crippen molar-refractivity contribution in [2.45, 2.75) is 0 Å². The average Bonchev–Trinajstić information content (AvgIpc) is 2.15. The number of thiocarbonyl (C=S) groups is 1. The smallest absolute Gasteiger partial charge is 1.00 e. The number of rotatable bonds is 3. The van der Waals surface area contributed by atoms with Crippen molar-refractivity contribution in [2.75, 3.05) is 5.75 Å². The van der Waals surface area contributed by atoms with Gasteiger partial charge in [0.25, 0.3) is 0 Å². The van der Waals surface area contributed by atoms with Crippen molar-refractivity contribution in [3.8, 4) is 0 Å². The van der Waals surface area contributed by atoms with E-state index >= 15 is 0 Å². The van der Waals surface area contributed by atoms with Crippen molar-refractivity contribution in [3.63, 3.8) is 0 Å². The summed E-state index contributed by atoms with van der Waals surface area (Å²) in [4.78, 5) is 10.3. The van der Waals surface area contributed by atoms with E-state index in [1.165, 1.54) is 11.8 Å². The maximum Gasteiger partial charge on any atom is 1.00 e. The van der Waals surface area contributed by atoms with Crippen LogP contribution < -0.4 is 29.6 Å². The molecule has 0 aliphatic rings. The molecule has 0 aliphatic carbocycles. The molecule has 0 spiro atoms. The number of thioether (sulfide) groups is 1. The van der Waals surface area contributed by atoms with Crippen LogP contribution in [0.3, 0.4) is 0 Å². The summed E-state index contributed by atoms with van der Waals surface area (Å²) in [6.07, 6.45) is 0. The number of carbonyl (C=O) groups is 1. The van der Waals surface area contributed by atoms with Gasteiger partial charge in [0, 0.05) is 0 Å². The molecule has 0 bridgehead atoms. The Balaban J connectivity index is 0. The van der Waals surface area contributed by atoms with E-state index in [1.807, 2.05) is 30.3 Å². The monoisotopic (exact) mass is 236 g/mol. The molecule has 0 amide bonds. The zero-order valence-corrected chi connectivity index (χ0v) is 11.4. The maximum absolute atomic E-state index is 10.3. The Kier molecular flexibility index (Phi) is 7.49. The van der Waals surface area contributed by atoms with Crippen LogP contribution in [0.2, 0.25) is 0 Å². The molecular formula is C9H9NaO2S2. The average molecular weight is 236 g/mol. The zero-order valence-electron chi connectivity index (χ0n) is 8.77. The standard InChI is InChI=1S/C9H8O2S2.Na.H/c10-8(11)6-13-9(12)7-4-2-1-3-5-7;;/h1-5H,6H2,(H,10,11);;/q;+1;-1. The second-order valence-electron chi connectivity index (χ2n) is 2.34. The third kappa shape index (κ3) is 5.12. The molecule has 70 valence electrons. The van der Waals surface area contributed by atoms with Crippen molar-refractivity contribution in [2.24, 2.45) is 0 Å². The topological polar surface area (TPSA) is 37.3 Å². The van der Waals surface area contributed by atoms with Crippen molar-refractivity contribution in [1.82, 2.24) is 0 Å². The quantitative estimate of drug-likeness (QED) is 0.556. The van der Waals surface area contributed by atoms with E-state index in [0.717, 1.165) is 5.56 Å². The Labute approximate surface area is 116 Å². The minimum Gasteiger partial charge on any atom is -1.00 e. The second kappa shape index (κ2) is 7.43. The largest absolute Gasteiger partial charge is 1.00 e. The van der Waals surface area contributed by atoms with E-state index in [9.17, 15) is 4.79 Å². The number of carboxylic acids is 1. The van der Waals surface area contributed by atoms with Crippen molar-refractivity contribution in [3.05, 3.63) is 35.9 Å². The molecule has 1 N–H and O–H groups in total. The van der Waals surface area contributed by atoms with Gasteiger partial charge in [0.2, 0.25) is 0 Å². The molecule has 0 unspecified atom stereocenters. The van der Waals surface area contributed by atoms with Gasteiger partial charge in [-0.2, -0.15) is 0 Å². The summed E-state index contributed by atoms with van der Waals surface area (Å²) in [7, 11) is 0. The molecule has 5 heteroatoms. The van der Waals surface area contributed by atoms with Gasteiger partial charge in [0.15, 0.2) is 0 Å². The van der Waals surface area contributed by atoms with Gasteiger partial charge >= 0.3 is 35.5 Å². The van der Waals surface area contributed by atoms with Crippen LogP contribution >= 0.6 is 24.0 Å². The Morgan fingerprint density at radius 1 is 1.43 bits per heavy atom. The normalized spacial score (nSPS) is 8.86. The maximum atomic E-state index is 10.3. The first kappa shape index (κ1) is 14.1. The third-order valence-electron chi connectivity index (χ3n) is 1.34. The molecular weight excluding hydrogens is 227 g/mol. The Hall–Kier alpha value is 0.130. The van der Waals surface area contributed by atoms with E-state index in [2.05, 4.69) is 0 Å². The Morgan fingerprint density at radius 2 is 2.00 bits per heavy atom. The van der Waals surface area contributed by atoms with Gasteiger partial charge in [0.05, 0.1) is 9.95 Å². The first-order valence-corrected chi connectivity index (χ1v) is 5.03. The van der Waals surface area contributed by atoms with E-state index in [0.29, 0.717) is 4.20 Å². The van der Waals surface area contributed by atoms with Gasteiger partial charge in [0.1, 0.15) is 0 Å². The van der Waals surface area contributed by atoms with Gasteiger partial charge in [-0.15, -0.1) is 11.8 Å². The molecule has 0 atom stereocenters. The first-order valence-electron chi connectivity index (χ1n) is 3.64. The summed E-state index contributed by atoms with van der Waals surface area (Å²) in [6.45, 7) is 0. The molecule has 0 heterocycles. The number of hydrogen-bond acceptors (Lipinski definition) is 3. The predicted molar refractivity (Wildman–Crippen MR) is 59.3 cm³/mol.